The van der Waals surface area contributed by atoms with Gasteiger partial charge in [0.25, 0.3) is 0 Å². The summed E-state index contributed by atoms with van der Waals surface area (Å²) in [5.74, 6) is 0. The van der Waals surface area contributed by atoms with Gasteiger partial charge in [-0.15, -0.1) is 0 Å². The van der Waals surface area contributed by atoms with Crippen LogP contribution in [0.3, 0.4) is 0 Å². The minimum Gasteiger partial charge on any atom is -0.444 e. The zero-order valence-corrected chi connectivity index (χ0v) is 11.8. The van der Waals surface area contributed by atoms with Gasteiger partial charge in [-0.25, -0.2) is 4.79 Å². The Hall–Kier alpha value is -0.810. The van der Waals surface area contributed by atoms with Crippen LogP contribution in [-0.4, -0.2) is 44.0 Å². The molecular weight excluding hydrogens is 232 g/mol. The van der Waals surface area contributed by atoms with Crippen molar-refractivity contribution in [1.82, 2.24) is 10.6 Å². The monoisotopic (exact) mass is 258 g/mol. The Kier molecular flexibility index (Phi) is 6.43. The van der Waals surface area contributed by atoms with Crippen molar-refractivity contribution in [3.8, 4) is 0 Å². The summed E-state index contributed by atoms with van der Waals surface area (Å²) in [5, 5.41) is 6.03. The Morgan fingerprint density at radius 2 is 2.22 bits per heavy atom. The zero-order valence-electron chi connectivity index (χ0n) is 11.8. The zero-order chi connectivity index (χ0) is 13.4. The molecule has 1 amide bonds. The van der Waals surface area contributed by atoms with Crippen molar-refractivity contribution < 1.29 is 14.3 Å². The van der Waals surface area contributed by atoms with Crippen LogP contribution < -0.4 is 10.6 Å². The molecule has 0 radical (unpaired) electrons. The first-order chi connectivity index (χ1) is 8.47. The molecule has 1 unspecified atom stereocenters. The summed E-state index contributed by atoms with van der Waals surface area (Å²) in [4.78, 5) is 11.3. The molecule has 0 saturated carbocycles. The largest absolute Gasteiger partial charge is 0.444 e. The number of nitrogens with one attached hydrogen (secondary N) is 2. The van der Waals surface area contributed by atoms with Crippen LogP contribution in [0.5, 0.6) is 0 Å². The van der Waals surface area contributed by atoms with Crippen LogP contribution >= 0.6 is 0 Å². The molecule has 1 saturated heterocycles. The molecule has 1 heterocycles. The highest BCUT2D eigenvalue weighted by Gasteiger charge is 2.15. The van der Waals surface area contributed by atoms with Crippen LogP contribution in [0.15, 0.2) is 0 Å². The Morgan fingerprint density at radius 3 is 2.83 bits per heavy atom. The summed E-state index contributed by atoms with van der Waals surface area (Å²) in [5.41, 5.74) is -0.436. The minimum absolute atomic E-state index is 0.334. The fourth-order valence-electron chi connectivity index (χ4n) is 1.79. The molecule has 2 N–H and O–H groups in total. The van der Waals surface area contributed by atoms with Gasteiger partial charge in [-0.05, 0) is 46.6 Å². The van der Waals surface area contributed by atoms with Crippen molar-refractivity contribution in [2.75, 3.05) is 26.2 Å². The van der Waals surface area contributed by atoms with Gasteiger partial charge >= 0.3 is 6.09 Å². The third-order valence-electron chi connectivity index (χ3n) is 2.59. The highest BCUT2D eigenvalue weighted by Crippen LogP contribution is 2.07. The number of carbonyl (C=O) groups excluding carboxylic acids is 1. The first-order valence-corrected chi connectivity index (χ1v) is 6.76. The first-order valence-electron chi connectivity index (χ1n) is 6.76. The summed E-state index contributed by atoms with van der Waals surface area (Å²) in [6.07, 6.45) is 3.10. The molecule has 1 aliphatic heterocycles. The fraction of sp³-hybridized carbons (Fsp3) is 0.923. The van der Waals surface area contributed by atoms with Crippen LogP contribution in [-0.2, 0) is 9.47 Å². The Bertz CT molecular complexity index is 245. The van der Waals surface area contributed by atoms with Crippen LogP contribution in [0.2, 0.25) is 0 Å². The number of amides is 1. The summed E-state index contributed by atoms with van der Waals surface area (Å²) < 4.78 is 10.8. The summed E-state index contributed by atoms with van der Waals surface area (Å²) in [7, 11) is 0. The Labute approximate surface area is 110 Å². The molecule has 0 spiro atoms. The second-order valence-electron chi connectivity index (χ2n) is 5.62. The van der Waals surface area contributed by atoms with E-state index in [0.29, 0.717) is 19.3 Å². The summed E-state index contributed by atoms with van der Waals surface area (Å²) >= 11 is 0. The van der Waals surface area contributed by atoms with Crippen LogP contribution in [0.4, 0.5) is 4.79 Å². The number of hydrogen-bond acceptors (Lipinski definition) is 4. The molecule has 106 valence electrons. The molecule has 1 atom stereocenters. The topological polar surface area (TPSA) is 59.6 Å². The molecule has 5 heteroatoms. The SMILES string of the molecule is CC(C)(C)OC(=O)NCCCOC1CCCNC1. The van der Waals surface area contributed by atoms with Gasteiger partial charge < -0.3 is 20.1 Å². The van der Waals surface area contributed by atoms with Crippen molar-refractivity contribution in [1.29, 1.82) is 0 Å². The maximum absolute atomic E-state index is 11.3. The van der Waals surface area contributed by atoms with Crippen molar-refractivity contribution in [3.63, 3.8) is 0 Å². The molecule has 18 heavy (non-hydrogen) atoms. The third-order valence-corrected chi connectivity index (χ3v) is 2.59. The average Bonchev–Trinajstić information content (AvgIpc) is 2.27. The molecule has 0 bridgehead atoms. The van der Waals surface area contributed by atoms with Crippen molar-refractivity contribution in [2.45, 2.75) is 51.7 Å². The van der Waals surface area contributed by atoms with Gasteiger partial charge in [0, 0.05) is 19.7 Å². The Balaban J connectivity index is 1.96. The van der Waals surface area contributed by atoms with E-state index < -0.39 is 5.60 Å². The van der Waals surface area contributed by atoms with E-state index in [-0.39, 0.29) is 6.09 Å². The molecule has 0 aliphatic carbocycles. The Morgan fingerprint density at radius 1 is 1.44 bits per heavy atom. The quantitative estimate of drug-likeness (QED) is 0.736. The summed E-state index contributed by atoms with van der Waals surface area (Å²) in [6, 6.07) is 0. The minimum atomic E-state index is -0.436. The van der Waals surface area contributed by atoms with Gasteiger partial charge in [0.1, 0.15) is 5.60 Å². The highest BCUT2D eigenvalue weighted by atomic mass is 16.6. The summed E-state index contributed by atoms with van der Waals surface area (Å²) in [6.45, 7) is 8.88. The molecule has 0 aromatic carbocycles. The van der Waals surface area contributed by atoms with Crippen LogP contribution in [0.1, 0.15) is 40.0 Å². The lowest BCUT2D eigenvalue weighted by molar-refractivity contribution is 0.0337. The molecule has 1 fully saturated rings. The van der Waals surface area contributed by atoms with Gasteiger partial charge in [0.2, 0.25) is 0 Å². The van der Waals surface area contributed by atoms with Gasteiger partial charge in [0.15, 0.2) is 0 Å². The lowest BCUT2D eigenvalue weighted by Gasteiger charge is -2.23. The van der Waals surface area contributed by atoms with Crippen LogP contribution in [0.25, 0.3) is 0 Å². The number of carbonyl (C=O) groups is 1. The van der Waals surface area contributed by atoms with E-state index >= 15 is 0 Å². The number of hydrogen-bond donors (Lipinski definition) is 2. The second kappa shape index (κ2) is 7.59. The first kappa shape index (κ1) is 15.2. The maximum Gasteiger partial charge on any atom is 0.407 e. The van der Waals surface area contributed by atoms with E-state index in [2.05, 4.69) is 10.6 Å². The van der Waals surface area contributed by atoms with Gasteiger partial charge in [-0.1, -0.05) is 0 Å². The second-order valence-corrected chi connectivity index (χ2v) is 5.62. The lowest BCUT2D eigenvalue weighted by atomic mass is 10.1. The third kappa shape index (κ3) is 7.50. The lowest BCUT2D eigenvalue weighted by Crippen LogP contribution is -2.36. The molecular formula is C13H26N2O3. The number of ether oxygens (including phenoxy) is 2. The van der Waals surface area contributed by atoms with E-state index in [1.807, 2.05) is 20.8 Å². The van der Waals surface area contributed by atoms with Crippen molar-refractivity contribution >= 4 is 6.09 Å². The van der Waals surface area contributed by atoms with E-state index in [9.17, 15) is 4.79 Å². The number of alkyl carbamates (subject to hydrolysis) is 1. The fourth-order valence-corrected chi connectivity index (χ4v) is 1.79. The highest BCUT2D eigenvalue weighted by molar-refractivity contribution is 5.67. The van der Waals surface area contributed by atoms with E-state index in [1.54, 1.807) is 0 Å². The standard InChI is InChI=1S/C13H26N2O3/c1-13(2,3)18-12(16)15-8-5-9-17-11-6-4-7-14-10-11/h11,14H,4-10H2,1-3H3,(H,15,16). The normalized spacial score (nSPS) is 20.5. The molecule has 0 aromatic heterocycles. The van der Waals surface area contributed by atoms with E-state index in [0.717, 1.165) is 25.9 Å². The van der Waals surface area contributed by atoms with Gasteiger partial charge in [-0.3, -0.25) is 0 Å². The predicted octanol–water partition coefficient (Wildman–Crippen LogP) is 1.67. The van der Waals surface area contributed by atoms with E-state index in [4.69, 9.17) is 9.47 Å². The molecule has 5 nitrogen and oxygen atoms in total. The predicted molar refractivity (Wildman–Crippen MR) is 70.7 cm³/mol. The molecule has 0 aromatic rings. The molecule has 1 rings (SSSR count). The van der Waals surface area contributed by atoms with Gasteiger partial charge in [0.05, 0.1) is 6.10 Å². The number of rotatable bonds is 5. The maximum atomic E-state index is 11.3. The smallest absolute Gasteiger partial charge is 0.407 e. The number of piperidine rings is 1. The average molecular weight is 258 g/mol. The molecule has 1 aliphatic rings. The van der Waals surface area contributed by atoms with Crippen molar-refractivity contribution in [3.05, 3.63) is 0 Å². The van der Waals surface area contributed by atoms with E-state index in [1.165, 1.54) is 6.42 Å². The van der Waals surface area contributed by atoms with Gasteiger partial charge in [-0.2, -0.15) is 0 Å². The van der Waals surface area contributed by atoms with Crippen molar-refractivity contribution in [2.24, 2.45) is 0 Å². The van der Waals surface area contributed by atoms with Crippen LogP contribution in [0, 0.1) is 0 Å².